The molecule has 0 rings (SSSR count). The van der Waals surface area contributed by atoms with Gasteiger partial charge < -0.3 is 0 Å². The van der Waals surface area contributed by atoms with E-state index in [2.05, 4.69) is 0 Å². The molecule has 0 bridgehead atoms. The van der Waals surface area contributed by atoms with Crippen LogP contribution in [-0.4, -0.2) is 25.9 Å². The van der Waals surface area contributed by atoms with E-state index in [0.29, 0.717) is 0 Å². The van der Waals surface area contributed by atoms with E-state index in [-0.39, 0.29) is 0 Å². The van der Waals surface area contributed by atoms with Crippen LogP contribution >= 0.6 is 0 Å². The van der Waals surface area contributed by atoms with Crippen LogP contribution < -0.4 is 0 Å². The molecule has 0 saturated carbocycles. The highest BCUT2D eigenvalue weighted by atomic mass is 32.2. The summed E-state index contributed by atoms with van der Waals surface area (Å²) < 4.78 is 78.2. The van der Waals surface area contributed by atoms with Crippen LogP contribution in [-0.2, 0) is 20.2 Å². The van der Waals surface area contributed by atoms with Crippen molar-refractivity contribution in [2.75, 3.05) is 0 Å². The molecular formula is C2H2F2O6S2. The first-order valence-electron chi connectivity index (χ1n) is 2.07. The maximum Gasteiger partial charge on any atom is 0.325 e. The van der Waals surface area contributed by atoms with Crippen molar-refractivity contribution in [2.24, 2.45) is 0 Å². The lowest BCUT2D eigenvalue weighted by atomic mass is 11.1. The van der Waals surface area contributed by atoms with Crippen LogP contribution in [0.1, 0.15) is 0 Å². The third kappa shape index (κ3) is 2.81. The Kier molecular flexibility index (Phi) is 2.90. The van der Waals surface area contributed by atoms with E-state index < -0.39 is 30.6 Å². The Labute approximate surface area is 66.0 Å². The SMILES string of the molecule is O=S(=O)(O)C(F)=C(F)S(=O)(=O)O. The monoisotopic (exact) mass is 224 g/mol. The quantitative estimate of drug-likeness (QED) is 0.630. The Morgan fingerprint density at radius 1 is 0.833 bits per heavy atom. The van der Waals surface area contributed by atoms with Crippen molar-refractivity contribution >= 4 is 20.2 Å². The predicted octanol–water partition coefficient (Wildman–Crippen LogP) is -0.172. The summed E-state index contributed by atoms with van der Waals surface area (Å²) in [6.07, 6.45) is 0. The largest absolute Gasteiger partial charge is 0.325 e. The number of halogens is 2. The summed E-state index contributed by atoms with van der Waals surface area (Å²) in [5.41, 5.74) is 0. The van der Waals surface area contributed by atoms with E-state index in [0.717, 1.165) is 0 Å². The van der Waals surface area contributed by atoms with Crippen molar-refractivity contribution in [1.29, 1.82) is 0 Å². The van der Waals surface area contributed by atoms with Gasteiger partial charge in [0.25, 0.3) is 10.3 Å². The lowest BCUT2D eigenvalue weighted by Crippen LogP contribution is -2.06. The third-order valence-corrected chi connectivity index (χ3v) is 2.00. The van der Waals surface area contributed by atoms with Crippen molar-refractivity contribution in [3.05, 3.63) is 10.3 Å². The Balaban J connectivity index is 5.58. The first-order chi connectivity index (χ1) is 5.07. The Morgan fingerprint density at radius 3 is 1.08 bits per heavy atom. The van der Waals surface area contributed by atoms with Gasteiger partial charge in [-0.25, -0.2) is 0 Å². The Morgan fingerprint density at radius 2 is 1.00 bits per heavy atom. The van der Waals surface area contributed by atoms with Gasteiger partial charge in [0.05, 0.1) is 0 Å². The molecular weight excluding hydrogens is 222 g/mol. The van der Waals surface area contributed by atoms with Crippen molar-refractivity contribution in [3.8, 4) is 0 Å². The zero-order valence-corrected chi connectivity index (χ0v) is 6.73. The average molecular weight is 224 g/mol. The third-order valence-electron chi connectivity index (χ3n) is 0.607. The summed E-state index contributed by atoms with van der Waals surface area (Å²) in [6, 6.07) is 0. The number of hydrogen-bond donors (Lipinski definition) is 2. The minimum absolute atomic E-state index is 2.95. The van der Waals surface area contributed by atoms with Crippen LogP contribution in [0, 0.1) is 0 Å². The highest BCUT2D eigenvalue weighted by Crippen LogP contribution is 2.17. The zero-order chi connectivity index (χ0) is 10.2. The van der Waals surface area contributed by atoms with Gasteiger partial charge >= 0.3 is 20.2 Å². The van der Waals surface area contributed by atoms with Crippen molar-refractivity contribution in [2.45, 2.75) is 0 Å². The molecule has 6 nitrogen and oxygen atoms in total. The normalized spacial score (nSPS) is 15.7. The molecule has 2 N–H and O–H groups in total. The second-order valence-electron chi connectivity index (χ2n) is 1.50. The highest BCUT2D eigenvalue weighted by Gasteiger charge is 2.28. The molecule has 0 atom stereocenters. The van der Waals surface area contributed by atoms with Gasteiger partial charge in [-0.15, -0.1) is 0 Å². The Bertz CT molecular complexity index is 361. The molecule has 0 aromatic rings. The van der Waals surface area contributed by atoms with Gasteiger partial charge in [-0.3, -0.25) is 9.11 Å². The standard InChI is InChI=1S/C2H2F2O6S2/c3-1(11(5,6)7)2(4)12(8,9)10/h(H,5,6,7)(H,8,9,10). The molecule has 0 aromatic carbocycles. The first-order valence-corrected chi connectivity index (χ1v) is 4.95. The summed E-state index contributed by atoms with van der Waals surface area (Å²) in [7, 11) is -11.2. The lowest BCUT2D eigenvalue weighted by Gasteiger charge is -1.93. The molecule has 0 fully saturated rings. The summed E-state index contributed by atoms with van der Waals surface area (Å²) in [5, 5.41) is -5.91. The van der Waals surface area contributed by atoms with Crippen LogP contribution in [0.3, 0.4) is 0 Å². The molecule has 0 radical (unpaired) electrons. The maximum absolute atomic E-state index is 11.9. The summed E-state index contributed by atoms with van der Waals surface area (Å²) in [6.45, 7) is 0. The fourth-order valence-electron chi connectivity index (χ4n) is 0.203. The van der Waals surface area contributed by atoms with Gasteiger partial charge in [-0.1, -0.05) is 0 Å². The van der Waals surface area contributed by atoms with E-state index >= 15 is 0 Å². The van der Waals surface area contributed by atoms with Crippen molar-refractivity contribution in [3.63, 3.8) is 0 Å². The molecule has 0 spiro atoms. The smallest absolute Gasteiger partial charge is 0.280 e. The Hall–Kier alpha value is -0.580. The number of rotatable bonds is 2. The van der Waals surface area contributed by atoms with Gasteiger partial charge in [0.2, 0.25) is 0 Å². The van der Waals surface area contributed by atoms with Gasteiger partial charge in [-0.2, -0.15) is 25.6 Å². The number of hydrogen-bond acceptors (Lipinski definition) is 4. The highest BCUT2D eigenvalue weighted by molar-refractivity contribution is 7.93. The summed E-state index contributed by atoms with van der Waals surface area (Å²) in [4.78, 5) is 0. The zero-order valence-electron chi connectivity index (χ0n) is 5.10. The van der Waals surface area contributed by atoms with Crippen LogP contribution in [0.5, 0.6) is 0 Å². The van der Waals surface area contributed by atoms with E-state index in [9.17, 15) is 25.6 Å². The molecule has 0 saturated heterocycles. The van der Waals surface area contributed by atoms with Crippen LogP contribution in [0.15, 0.2) is 10.3 Å². The molecule has 0 heterocycles. The minimum Gasteiger partial charge on any atom is -0.280 e. The van der Waals surface area contributed by atoms with Crippen LogP contribution in [0.2, 0.25) is 0 Å². The second-order valence-corrected chi connectivity index (χ2v) is 4.11. The first kappa shape index (κ1) is 11.4. The van der Waals surface area contributed by atoms with E-state index in [1.54, 1.807) is 0 Å². The van der Waals surface area contributed by atoms with Gasteiger partial charge in [0.1, 0.15) is 0 Å². The maximum atomic E-state index is 11.9. The van der Waals surface area contributed by atoms with E-state index in [1.807, 2.05) is 0 Å². The fourth-order valence-corrected chi connectivity index (χ4v) is 1.24. The predicted molar refractivity (Wildman–Crippen MR) is 32.3 cm³/mol. The molecule has 0 aliphatic carbocycles. The molecule has 72 valence electrons. The van der Waals surface area contributed by atoms with Gasteiger partial charge in [0, 0.05) is 0 Å². The van der Waals surface area contributed by atoms with Crippen LogP contribution in [0.4, 0.5) is 8.78 Å². The average Bonchev–Trinajstić information content (AvgIpc) is 1.80. The molecule has 10 heteroatoms. The van der Waals surface area contributed by atoms with Crippen molar-refractivity contribution in [1.82, 2.24) is 0 Å². The molecule has 12 heavy (non-hydrogen) atoms. The van der Waals surface area contributed by atoms with E-state index in [4.69, 9.17) is 9.11 Å². The molecule has 0 amide bonds. The van der Waals surface area contributed by atoms with Crippen molar-refractivity contribution < 1.29 is 34.7 Å². The topological polar surface area (TPSA) is 109 Å². The lowest BCUT2D eigenvalue weighted by molar-refractivity contribution is 0.450. The van der Waals surface area contributed by atoms with Gasteiger partial charge in [-0.05, 0) is 0 Å². The molecule has 0 aliphatic heterocycles. The minimum atomic E-state index is -5.59. The van der Waals surface area contributed by atoms with Gasteiger partial charge in [0.15, 0.2) is 0 Å². The van der Waals surface area contributed by atoms with Crippen LogP contribution in [0.25, 0.3) is 0 Å². The van der Waals surface area contributed by atoms with E-state index in [1.165, 1.54) is 0 Å². The molecule has 0 unspecified atom stereocenters. The molecule has 0 aromatic heterocycles. The second kappa shape index (κ2) is 3.05. The molecule has 0 aliphatic rings. The summed E-state index contributed by atoms with van der Waals surface area (Å²) >= 11 is 0. The summed E-state index contributed by atoms with van der Waals surface area (Å²) in [5.74, 6) is 0. The fraction of sp³-hybridized carbons (Fsp3) is 0.